The summed E-state index contributed by atoms with van der Waals surface area (Å²) in [5.41, 5.74) is 0. The van der Waals surface area contributed by atoms with E-state index < -0.39 is 0 Å². The molecule has 26 heavy (non-hydrogen) atoms. The van der Waals surface area contributed by atoms with Crippen molar-refractivity contribution < 1.29 is 9.15 Å². The standard InChI is InChI=1S/C18H33N5O2.HI/c1-5-19-18(20-13-15(2)23-8-11-24-12-9-23)21-14-16(22(3)4)17-7-6-10-25-17;/h6-7,10,15-16H,5,8-9,11-14H2,1-4H3,(H2,19,20,21);1H. The fourth-order valence-corrected chi connectivity index (χ4v) is 2.91. The second-order valence-corrected chi connectivity index (χ2v) is 6.59. The van der Waals surface area contributed by atoms with Gasteiger partial charge in [0.25, 0.3) is 0 Å². The summed E-state index contributed by atoms with van der Waals surface area (Å²) in [4.78, 5) is 9.34. The van der Waals surface area contributed by atoms with Gasteiger partial charge in [-0.3, -0.25) is 14.8 Å². The van der Waals surface area contributed by atoms with Gasteiger partial charge in [0.05, 0.1) is 32.1 Å². The number of guanidine groups is 1. The molecule has 0 spiro atoms. The summed E-state index contributed by atoms with van der Waals surface area (Å²) in [6.45, 7) is 10.3. The average Bonchev–Trinajstić information content (AvgIpc) is 3.14. The molecule has 1 saturated heterocycles. The minimum atomic E-state index is 0. The van der Waals surface area contributed by atoms with E-state index >= 15 is 0 Å². The van der Waals surface area contributed by atoms with Crippen molar-refractivity contribution in [3.8, 4) is 0 Å². The maximum Gasteiger partial charge on any atom is 0.191 e. The van der Waals surface area contributed by atoms with Crippen LogP contribution in [0.5, 0.6) is 0 Å². The number of aliphatic imine (C=N–C) groups is 1. The first-order chi connectivity index (χ1) is 12.1. The molecule has 0 saturated carbocycles. The predicted molar refractivity (Wildman–Crippen MR) is 116 cm³/mol. The fraction of sp³-hybridized carbons (Fsp3) is 0.722. The quantitative estimate of drug-likeness (QED) is 0.337. The first kappa shape index (κ1) is 23.2. The minimum Gasteiger partial charge on any atom is -0.468 e. The van der Waals surface area contributed by atoms with Gasteiger partial charge >= 0.3 is 0 Å². The topological polar surface area (TPSA) is 65.3 Å². The van der Waals surface area contributed by atoms with E-state index in [0.29, 0.717) is 6.04 Å². The molecule has 0 bridgehead atoms. The number of nitrogens with one attached hydrogen (secondary N) is 2. The average molecular weight is 479 g/mol. The zero-order valence-electron chi connectivity index (χ0n) is 16.4. The van der Waals surface area contributed by atoms with Crippen LogP contribution in [0.2, 0.25) is 0 Å². The lowest BCUT2D eigenvalue weighted by atomic mass is 10.2. The van der Waals surface area contributed by atoms with Crippen LogP contribution in [0.25, 0.3) is 0 Å². The van der Waals surface area contributed by atoms with Gasteiger partial charge in [0, 0.05) is 32.2 Å². The predicted octanol–water partition coefficient (Wildman–Crippen LogP) is 1.78. The van der Waals surface area contributed by atoms with E-state index in [9.17, 15) is 0 Å². The summed E-state index contributed by atoms with van der Waals surface area (Å²) in [7, 11) is 4.11. The first-order valence-electron chi connectivity index (χ1n) is 9.15. The maximum atomic E-state index is 5.57. The van der Waals surface area contributed by atoms with Gasteiger partial charge in [-0.15, -0.1) is 24.0 Å². The third-order valence-corrected chi connectivity index (χ3v) is 4.48. The Hall–Kier alpha value is -0.840. The lowest BCUT2D eigenvalue weighted by Gasteiger charge is -2.31. The number of halogens is 1. The van der Waals surface area contributed by atoms with Gasteiger partial charge in [0.2, 0.25) is 0 Å². The number of ether oxygens (including phenoxy) is 1. The molecule has 2 heterocycles. The molecular formula is C18H34IN5O2. The second-order valence-electron chi connectivity index (χ2n) is 6.59. The van der Waals surface area contributed by atoms with Crippen LogP contribution in [0.3, 0.4) is 0 Å². The summed E-state index contributed by atoms with van der Waals surface area (Å²) < 4.78 is 11.0. The van der Waals surface area contributed by atoms with Crippen LogP contribution in [-0.2, 0) is 4.74 Å². The van der Waals surface area contributed by atoms with Crippen LogP contribution < -0.4 is 10.6 Å². The van der Waals surface area contributed by atoms with Gasteiger partial charge in [-0.05, 0) is 40.1 Å². The third kappa shape index (κ3) is 7.42. The number of hydrogen-bond acceptors (Lipinski definition) is 5. The molecule has 7 nitrogen and oxygen atoms in total. The number of morpholine rings is 1. The smallest absolute Gasteiger partial charge is 0.191 e. The van der Waals surface area contributed by atoms with Crippen LogP contribution in [0, 0.1) is 0 Å². The largest absolute Gasteiger partial charge is 0.468 e. The van der Waals surface area contributed by atoms with Gasteiger partial charge in [-0.1, -0.05) is 0 Å². The van der Waals surface area contributed by atoms with Gasteiger partial charge in [0.15, 0.2) is 5.96 Å². The molecule has 1 fully saturated rings. The van der Waals surface area contributed by atoms with Crippen LogP contribution in [0.4, 0.5) is 0 Å². The highest BCUT2D eigenvalue weighted by molar-refractivity contribution is 14.0. The van der Waals surface area contributed by atoms with Gasteiger partial charge < -0.3 is 19.8 Å². The van der Waals surface area contributed by atoms with E-state index in [1.54, 1.807) is 6.26 Å². The summed E-state index contributed by atoms with van der Waals surface area (Å²) >= 11 is 0. The SMILES string of the molecule is CCNC(=NCC(C)N1CCOCC1)NCC(c1ccco1)N(C)C.I. The molecule has 2 rings (SSSR count). The van der Waals surface area contributed by atoms with Crippen molar-refractivity contribution in [2.24, 2.45) is 4.99 Å². The van der Waals surface area contributed by atoms with E-state index in [-0.39, 0.29) is 30.0 Å². The summed E-state index contributed by atoms with van der Waals surface area (Å²) in [6, 6.07) is 4.51. The normalized spacial score (nSPS) is 18.3. The Labute approximate surface area is 174 Å². The molecule has 0 radical (unpaired) electrons. The van der Waals surface area contributed by atoms with Crippen molar-refractivity contribution in [1.82, 2.24) is 20.4 Å². The third-order valence-electron chi connectivity index (χ3n) is 4.48. The van der Waals surface area contributed by atoms with Gasteiger partial charge in [-0.2, -0.15) is 0 Å². The molecule has 2 unspecified atom stereocenters. The molecule has 0 aromatic carbocycles. The Bertz CT molecular complexity index is 504. The highest BCUT2D eigenvalue weighted by atomic mass is 127. The number of hydrogen-bond donors (Lipinski definition) is 2. The van der Waals surface area contributed by atoms with Crippen LogP contribution in [0.15, 0.2) is 27.8 Å². The van der Waals surface area contributed by atoms with Crippen LogP contribution >= 0.6 is 24.0 Å². The molecular weight excluding hydrogens is 445 g/mol. The highest BCUT2D eigenvalue weighted by Crippen LogP contribution is 2.17. The summed E-state index contributed by atoms with van der Waals surface area (Å²) in [5.74, 6) is 1.80. The molecule has 2 atom stereocenters. The first-order valence-corrected chi connectivity index (χ1v) is 9.15. The van der Waals surface area contributed by atoms with Crippen LogP contribution in [-0.4, -0.2) is 81.8 Å². The lowest BCUT2D eigenvalue weighted by molar-refractivity contribution is 0.0220. The van der Waals surface area contributed by atoms with Crippen molar-refractivity contribution >= 4 is 29.9 Å². The Morgan fingerprint density at radius 2 is 2.04 bits per heavy atom. The monoisotopic (exact) mass is 479 g/mol. The Kier molecular flexibility index (Phi) is 11.2. The zero-order chi connectivity index (χ0) is 18.1. The van der Waals surface area contributed by atoms with E-state index in [1.165, 1.54) is 0 Å². The molecule has 8 heteroatoms. The fourth-order valence-electron chi connectivity index (χ4n) is 2.91. The molecule has 1 aliphatic rings. The molecule has 1 aromatic heterocycles. The number of rotatable bonds is 8. The molecule has 1 aliphatic heterocycles. The second kappa shape index (κ2) is 12.5. The Balaban J connectivity index is 0.00000338. The van der Waals surface area contributed by atoms with E-state index in [1.807, 2.05) is 12.1 Å². The number of likely N-dealkylation sites (N-methyl/N-ethyl adjacent to an activating group) is 1. The molecule has 0 amide bonds. The van der Waals surface area contributed by atoms with Crippen molar-refractivity contribution in [2.45, 2.75) is 25.9 Å². The number of nitrogens with zero attached hydrogens (tertiary/aromatic N) is 3. The van der Waals surface area contributed by atoms with E-state index in [4.69, 9.17) is 14.1 Å². The summed E-state index contributed by atoms with van der Waals surface area (Å²) in [6.07, 6.45) is 1.72. The Morgan fingerprint density at radius 1 is 1.31 bits per heavy atom. The molecule has 1 aromatic rings. The molecule has 2 N–H and O–H groups in total. The van der Waals surface area contributed by atoms with Crippen molar-refractivity contribution in [3.63, 3.8) is 0 Å². The molecule has 0 aliphatic carbocycles. The Morgan fingerprint density at radius 3 is 2.62 bits per heavy atom. The minimum absolute atomic E-state index is 0. The summed E-state index contributed by atoms with van der Waals surface area (Å²) in [5, 5.41) is 6.77. The maximum absolute atomic E-state index is 5.57. The van der Waals surface area contributed by atoms with Gasteiger partial charge in [-0.25, -0.2) is 0 Å². The molecule has 150 valence electrons. The number of furan rings is 1. The van der Waals surface area contributed by atoms with E-state index in [2.05, 4.69) is 48.4 Å². The van der Waals surface area contributed by atoms with E-state index in [0.717, 1.165) is 57.7 Å². The van der Waals surface area contributed by atoms with Crippen molar-refractivity contribution in [2.75, 3.05) is 60.0 Å². The van der Waals surface area contributed by atoms with Gasteiger partial charge in [0.1, 0.15) is 5.76 Å². The highest BCUT2D eigenvalue weighted by Gasteiger charge is 2.18. The van der Waals surface area contributed by atoms with Crippen molar-refractivity contribution in [3.05, 3.63) is 24.2 Å². The zero-order valence-corrected chi connectivity index (χ0v) is 18.7. The van der Waals surface area contributed by atoms with Crippen LogP contribution in [0.1, 0.15) is 25.6 Å². The van der Waals surface area contributed by atoms with Crippen molar-refractivity contribution in [1.29, 1.82) is 0 Å². The lowest BCUT2D eigenvalue weighted by Crippen LogP contribution is -2.45.